The van der Waals surface area contributed by atoms with Crippen LogP contribution in [-0.4, -0.2) is 51.3 Å². The summed E-state index contributed by atoms with van der Waals surface area (Å²) in [6.07, 6.45) is 4.85. The van der Waals surface area contributed by atoms with Gasteiger partial charge < -0.3 is 24.3 Å². The van der Waals surface area contributed by atoms with E-state index in [1.807, 2.05) is 6.07 Å². The summed E-state index contributed by atoms with van der Waals surface area (Å²) in [5, 5.41) is 3.93. The van der Waals surface area contributed by atoms with Gasteiger partial charge in [0.1, 0.15) is 17.6 Å². The average molecular weight is 439 g/mol. The summed E-state index contributed by atoms with van der Waals surface area (Å²) in [5.74, 6) is 1.27. The van der Waals surface area contributed by atoms with Gasteiger partial charge in [-0.1, -0.05) is 12.1 Å². The van der Waals surface area contributed by atoms with E-state index in [-0.39, 0.29) is 5.43 Å². The molecule has 0 bridgehead atoms. The largest absolute Gasteiger partial charge is 0.493 e. The van der Waals surface area contributed by atoms with E-state index in [2.05, 4.69) is 22.2 Å². The lowest BCUT2D eigenvalue weighted by Crippen LogP contribution is -2.41. The first-order chi connectivity index (χ1) is 15.7. The molecule has 0 atom stereocenters. The smallest absolute Gasteiger partial charge is 0.200 e. The first-order valence-electron chi connectivity index (χ1n) is 11.1. The first-order valence-corrected chi connectivity index (χ1v) is 11.1. The average Bonchev–Trinajstić information content (AvgIpc) is 2.83. The third kappa shape index (κ3) is 5.30. The highest BCUT2D eigenvalue weighted by atomic mass is 17.2. The topological polar surface area (TPSA) is 73.2 Å². The molecule has 0 aliphatic carbocycles. The van der Waals surface area contributed by atoms with Crippen LogP contribution in [0.2, 0.25) is 0 Å². The van der Waals surface area contributed by atoms with Gasteiger partial charge in [-0.15, -0.1) is 0 Å². The Hall–Kier alpha value is -2.87. The maximum atomic E-state index is 13.0. The van der Waals surface area contributed by atoms with Gasteiger partial charge in [0.05, 0.1) is 24.7 Å². The molecule has 1 saturated heterocycles. The summed E-state index contributed by atoms with van der Waals surface area (Å²) in [7, 11) is 3.63. The molecular formula is C25H30N2O5. The van der Waals surface area contributed by atoms with Crippen molar-refractivity contribution >= 4 is 11.0 Å². The van der Waals surface area contributed by atoms with Crippen LogP contribution in [0, 0.1) is 0 Å². The minimum absolute atomic E-state index is 0.0817. The third-order valence-corrected chi connectivity index (χ3v) is 5.95. The van der Waals surface area contributed by atoms with Gasteiger partial charge in [0.2, 0.25) is 0 Å². The van der Waals surface area contributed by atoms with E-state index in [1.165, 1.54) is 26.2 Å². The monoisotopic (exact) mass is 438 g/mol. The van der Waals surface area contributed by atoms with Crippen LogP contribution in [0.5, 0.6) is 11.5 Å². The van der Waals surface area contributed by atoms with Crippen molar-refractivity contribution in [1.82, 2.24) is 10.2 Å². The fourth-order valence-electron chi connectivity index (χ4n) is 4.12. The molecule has 0 radical (unpaired) electrons. The van der Waals surface area contributed by atoms with Crippen LogP contribution in [-0.2, 0) is 4.89 Å². The second-order valence-corrected chi connectivity index (χ2v) is 8.07. The Labute approximate surface area is 187 Å². The van der Waals surface area contributed by atoms with E-state index in [1.54, 1.807) is 36.4 Å². The van der Waals surface area contributed by atoms with Crippen LogP contribution in [0.4, 0.5) is 0 Å². The fraction of sp³-hybridized carbons (Fsp3) is 0.400. The summed E-state index contributed by atoms with van der Waals surface area (Å²) in [4.78, 5) is 25.0. The predicted octanol–water partition coefficient (Wildman–Crippen LogP) is 3.85. The summed E-state index contributed by atoms with van der Waals surface area (Å²) in [6, 6.07) is 13.1. The molecule has 1 fully saturated rings. The Morgan fingerprint density at radius 1 is 1.09 bits per heavy atom. The van der Waals surface area contributed by atoms with E-state index in [4.69, 9.17) is 14.0 Å². The van der Waals surface area contributed by atoms with Crippen LogP contribution < -0.4 is 20.4 Å². The number of benzene rings is 2. The molecule has 1 aromatic heterocycles. The highest BCUT2D eigenvalue weighted by molar-refractivity contribution is 5.82. The van der Waals surface area contributed by atoms with E-state index >= 15 is 0 Å². The van der Waals surface area contributed by atoms with Gasteiger partial charge in [-0.3, -0.25) is 4.79 Å². The molecule has 0 unspecified atom stereocenters. The summed E-state index contributed by atoms with van der Waals surface area (Å²) < 4.78 is 11.7. The maximum absolute atomic E-state index is 13.0. The predicted molar refractivity (Wildman–Crippen MR) is 124 cm³/mol. The van der Waals surface area contributed by atoms with Crippen molar-refractivity contribution in [3.63, 3.8) is 0 Å². The summed E-state index contributed by atoms with van der Waals surface area (Å²) >= 11 is 0. The molecule has 0 spiro atoms. The van der Waals surface area contributed by atoms with Gasteiger partial charge in [-0.25, -0.2) is 0 Å². The normalized spacial score (nSPS) is 14.7. The van der Waals surface area contributed by atoms with Crippen LogP contribution >= 0.6 is 0 Å². The van der Waals surface area contributed by atoms with E-state index < -0.39 is 0 Å². The van der Waals surface area contributed by atoms with Crippen LogP contribution in [0.15, 0.2) is 57.9 Å². The van der Waals surface area contributed by atoms with Crippen molar-refractivity contribution in [1.29, 1.82) is 0 Å². The molecule has 170 valence electrons. The maximum Gasteiger partial charge on any atom is 0.200 e. The highest BCUT2D eigenvalue weighted by Gasteiger charge is 2.17. The molecule has 32 heavy (non-hydrogen) atoms. The lowest BCUT2D eigenvalue weighted by Gasteiger charge is -2.31. The molecule has 7 nitrogen and oxygen atoms in total. The Morgan fingerprint density at radius 3 is 2.59 bits per heavy atom. The molecule has 2 heterocycles. The van der Waals surface area contributed by atoms with Crippen LogP contribution in [0.3, 0.4) is 0 Å². The number of piperidine rings is 1. The summed E-state index contributed by atoms with van der Waals surface area (Å²) in [5.41, 5.74) is 1.68. The first kappa shape index (κ1) is 22.3. The number of rotatable bonds is 9. The van der Waals surface area contributed by atoms with Gasteiger partial charge in [0.15, 0.2) is 11.2 Å². The van der Waals surface area contributed by atoms with Gasteiger partial charge in [0.25, 0.3) is 0 Å². The minimum Gasteiger partial charge on any atom is -0.493 e. The quantitative estimate of drug-likeness (QED) is 0.309. The van der Waals surface area contributed by atoms with Gasteiger partial charge >= 0.3 is 0 Å². The zero-order valence-electron chi connectivity index (χ0n) is 18.6. The number of fused-ring (bicyclic) bond motifs is 1. The van der Waals surface area contributed by atoms with Gasteiger partial charge in [-0.2, -0.15) is 4.89 Å². The number of ether oxygens (including phenoxy) is 1. The number of nitrogens with zero attached hydrogens (tertiary/aromatic N) is 1. The SMILES string of the molecule is COOc1ccc(-c2coc3cc(OCCCN(C)C4CCNCC4)ccc3c2=O)cc1. The van der Waals surface area contributed by atoms with Gasteiger partial charge in [0, 0.05) is 18.7 Å². The fourth-order valence-corrected chi connectivity index (χ4v) is 4.12. The molecule has 1 aliphatic rings. The van der Waals surface area contributed by atoms with Crippen molar-refractivity contribution in [2.45, 2.75) is 25.3 Å². The van der Waals surface area contributed by atoms with E-state index in [0.717, 1.165) is 31.6 Å². The lowest BCUT2D eigenvalue weighted by atomic mass is 10.1. The molecule has 7 heteroatoms. The van der Waals surface area contributed by atoms with Crippen LogP contribution in [0.1, 0.15) is 19.3 Å². The molecule has 0 amide bonds. The molecule has 0 saturated carbocycles. The molecular weight excluding hydrogens is 408 g/mol. The van der Waals surface area contributed by atoms with Crippen molar-refractivity contribution < 1.29 is 18.9 Å². The number of hydrogen-bond donors (Lipinski definition) is 1. The highest BCUT2D eigenvalue weighted by Crippen LogP contribution is 2.25. The molecule has 1 N–H and O–H groups in total. The zero-order valence-corrected chi connectivity index (χ0v) is 18.6. The zero-order chi connectivity index (χ0) is 22.3. The standard InChI is InChI=1S/C25H30N2O5/c1-27(19-10-12-26-13-11-19)14-3-15-30-21-8-9-22-24(16-21)31-17-23(25(22)28)18-4-6-20(7-5-18)32-29-2/h4-9,16-17,19,26H,3,10-15H2,1-2H3. The summed E-state index contributed by atoms with van der Waals surface area (Å²) in [6.45, 7) is 3.83. The van der Waals surface area contributed by atoms with Crippen molar-refractivity contribution in [2.24, 2.45) is 0 Å². The number of hydrogen-bond acceptors (Lipinski definition) is 7. The van der Waals surface area contributed by atoms with E-state index in [0.29, 0.717) is 40.7 Å². The molecule has 3 aromatic rings. The Balaban J connectivity index is 1.38. The Kier molecular flexibility index (Phi) is 7.42. The minimum atomic E-state index is -0.0817. The molecule has 2 aromatic carbocycles. The Bertz CT molecular complexity index is 1070. The number of nitrogens with one attached hydrogen (secondary N) is 1. The van der Waals surface area contributed by atoms with Crippen molar-refractivity contribution in [2.75, 3.05) is 40.4 Å². The van der Waals surface area contributed by atoms with E-state index in [9.17, 15) is 4.79 Å². The second kappa shape index (κ2) is 10.6. The molecule has 1 aliphatic heterocycles. The lowest BCUT2D eigenvalue weighted by molar-refractivity contribution is -0.178. The van der Waals surface area contributed by atoms with Crippen LogP contribution in [0.25, 0.3) is 22.1 Å². The Morgan fingerprint density at radius 2 is 1.84 bits per heavy atom. The van der Waals surface area contributed by atoms with Gasteiger partial charge in [-0.05, 0) is 69.2 Å². The van der Waals surface area contributed by atoms with Crippen molar-refractivity contribution in [3.05, 3.63) is 59.0 Å². The third-order valence-electron chi connectivity index (χ3n) is 5.95. The van der Waals surface area contributed by atoms with Crippen molar-refractivity contribution in [3.8, 4) is 22.6 Å². The second-order valence-electron chi connectivity index (χ2n) is 8.07. The molecule has 4 rings (SSSR count).